The van der Waals surface area contributed by atoms with E-state index in [1.54, 1.807) is 13.8 Å². The van der Waals surface area contributed by atoms with Gasteiger partial charge in [0.1, 0.15) is 6.04 Å². The van der Waals surface area contributed by atoms with Gasteiger partial charge < -0.3 is 15.7 Å². The van der Waals surface area contributed by atoms with Crippen molar-refractivity contribution >= 4 is 12.0 Å². The molecule has 0 heterocycles. The average molecular weight is 284 g/mol. The van der Waals surface area contributed by atoms with Gasteiger partial charge in [-0.25, -0.2) is 9.59 Å². The Bertz CT molecular complexity index is 325. The second kappa shape index (κ2) is 8.12. The first-order valence-corrected chi connectivity index (χ1v) is 7.75. The van der Waals surface area contributed by atoms with Gasteiger partial charge in [-0.2, -0.15) is 0 Å². The molecule has 1 aliphatic carbocycles. The molecule has 0 radical (unpaired) electrons. The Morgan fingerprint density at radius 3 is 2.20 bits per heavy atom. The minimum absolute atomic E-state index is 0.131. The Morgan fingerprint density at radius 2 is 1.75 bits per heavy atom. The Kier molecular flexibility index (Phi) is 6.82. The van der Waals surface area contributed by atoms with Gasteiger partial charge in [0.2, 0.25) is 0 Å². The second-order valence-corrected chi connectivity index (χ2v) is 6.09. The van der Waals surface area contributed by atoms with Crippen LogP contribution in [0.2, 0.25) is 0 Å². The zero-order valence-corrected chi connectivity index (χ0v) is 12.8. The van der Waals surface area contributed by atoms with E-state index < -0.39 is 12.0 Å². The van der Waals surface area contributed by atoms with Crippen molar-refractivity contribution in [3.63, 3.8) is 0 Å². The highest BCUT2D eigenvalue weighted by Gasteiger charge is 2.27. The Balaban J connectivity index is 2.51. The van der Waals surface area contributed by atoms with Crippen molar-refractivity contribution in [3.05, 3.63) is 0 Å². The van der Waals surface area contributed by atoms with Crippen LogP contribution in [0.25, 0.3) is 0 Å². The molecule has 2 atom stereocenters. The molecule has 116 valence electrons. The number of carboxylic acids is 1. The normalized spacial score (nSPS) is 19.4. The average Bonchev–Trinajstić information content (AvgIpc) is 2.42. The number of nitrogens with one attached hydrogen (secondary N) is 2. The fourth-order valence-corrected chi connectivity index (χ4v) is 2.95. The van der Waals surface area contributed by atoms with Gasteiger partial charge in [0, 0.05) is 6.04 Å². The van der Waals surface area contributed by atoms with Crippen molar-refractivity contribution in [3.8, 4) is 0 Å². The number of carbonyl (C=O) groups excluding carboxylic acids is 1. The smallest absolute Gasteiger partial charge is 0.326 e. The molecule has 20 heavy (non-hydrogen) atoms. The molecule has 1 rings (SSSR count). The molecular formula is C15H28N2O3. The van der Waals surface area contributed by atoms with Crippen LogP contribution in [0.5, 0.6) is 0 Å². The SMILES string of the molecule is CCC(NC(=O)N[C@H](C(=O)O)C(C)C)C1CCCCC1. The summed E-state index contributed by atoms with van der Waals surface area (Å²) in [6.45, 7) is 5.64. The lowest BCUT2D eigenvalue weighted by Gasteiger charge is -2.31. The van der Waals surface area contributed by atoms with Gasteiger partial charge in [-0.05, 0) is 31.1 Å². The van der Waals surface area contributed by atoms with Crippen LogP contribution in [0.4, 0.5) is 4.79 Å². The molecular weight excluding hydrogens is 256 g/mol. The molecule has 0 spiro atoms. The topological polar surface area (TPSA) is 78.4 Å². The molecule has 5 heteroatoms. The van der Waals surface area contributed by atoms with E-state index >= 15 is 0 Å². The maximum absolute atomic E-state index is 12.0. The van der Waals surface area contributed by atoms with Crippen molar-refractivity contribution in [1.82, 2.24) is 10.6 Å². The van der Waals surface area contributed by atoms with Gasteiger partial charge in [-0.1, -0.05) is 40.0 Å². The third kappa shape index (κ3) is 5.02. The molecule has 0 aromatic carbocycles. The number of urea groups is 1. The first-order chi connectivity index (χ1) is 9.45. The zero-order chi connectivity index (χ0) is 15.1. The van der Waals surface area contributed by atoms with Crippen molar-refractivity contribution in [1.29, 1.82) is 0 Å². The summed E-state index contributed by atoms with van der Waals surface area (Å²) in [6.07, 6.45) is 6.95. The summed E-state index contributed by atoms with van der Waals surface area (Å²) in [5.74, 6) is -0.587. The number of hydrogen-bond donors (Lipinski definition) is 3. The molecule has 0 saturated heterocycles. The molecule has 1 unspecified atom stereocenters. The molecule has 5 nitrogen and oxygen atoms in total. The minimum Gasteiger partial charge on any atom is -0.480 e. The van der Waals surface area contributed by atoms with Gasteiger partial charge in [-0.15, -0.1) is 0 Å². The van der Waals surface area contributed by atoms with E-state index in [0.717, 1.165) is 19.3 Å². The molecule has 1 aliphatic rings. The number of carboxylic acid groups (broad SMARTS) is 1. The summed E-state index contributed by atoms with van der Waals surface area (Å²) in [5, 5.41) is 14.6. The summed E-state index contributed by atoms with van der Waals surface area (Å²) < 4.78 is 0. The van der Waals surface area contributed by atoms with E-state index in [9.17, 15) is 9.59 Å². The molecule has 0 aromatic rings. The third-order valence-corrected chi connectivity index (χ3v) is 4.19. The van der Waals surface area contributed by atoms with Crippen molar-refractivity contribution in [2.24, 2.45) is 11.8 Å². The van der Waals surface area contributed by atoms with Crippen LogP contribution in [0, 0.1) is 11.8 Å². The van der Waals surface area contributed by atoms with Crippen LogP contribution >= 0.6 is 0 Å². The van der Waals surface area contributed by atoms with E-state index in [4.69, 9.17) is 5.11 Å². The van der Waals surface area contributed by atoms with Crippen LogP contribution < -0.4 is 10.6 Å². The highest BCUT2D eigenvalue weighted by molar-refractivity contribution is 5.82. The number of hydrogen-bond acceptors (Lipinski definition) is 2. The number of rotatable bonds is 6. The Morgan fingerprint density at radius 1 is 1.15 bits per heavy atom. The highest BCUT2D eigenvalue weighted by atomic mass is 16.4. The largest absolute Gasteiger partial charge is 0.480 e. The first-order valence-electron chi connectivity index (χ1n) is 7.75. The molecule has 0 aromatic heterocycles. The van der Waals surface area contributed by atoms with Crippen LogP contribution in [0.1, 0.15) is 59.3 Å². The lowest BCUT2D eigenvalue weighted by atomic mass is 9.83. The summed E-state index contributed by atoms with van der Waals surface area (Å²) in [4.78, 5) is 23.1. The first kappa shape index (κ1) is 16.8. The van der Waals surface area contributed by atoms with Crippen LogP contribution in [-0.4, -0.2) is 29.2 Å². The fraction of sp³-hybridized carbons (Fsp3) is 0.867. The standard InChI is InChI=1S/C15H28N2O3/c1-4-12(11-8-6-5-7-9-11)16-15(20)17-13(10(2)3)14(18)19/h10-13H,4-9H2,1-3H3,(H,18,19)(H2,16,17,20)/t12?,13-/m0/s1. The Hall–Kier alpha value is -1.26. The lowest BCUT2D eigenvalue weighted by molar-refractivity contribution is -0.140. The second-order valence-electron chi connectivity index (χ2n) is 6.09. The molecule has 1 fully saturated rings. The molecule has 3 N–H and O–H groups in total. The number of aliphatic carboxylic acids is 1. The maximum atomic E-state index is 12.0. The zero-order valence-electron chi connectivity index (χ0n) is 12.8. The van der Waals surface area contributed by atoms with Crippen LogP contribution in [0.3, 0.4) is 0 Å². The number of amides is 2. The van der Waals surface area contributed by atoms with E-state index in [1.165, 1.54) is 19.3 Å². The summed E-state index contributed by atoms with van der Waals surface area (Å²) >= 11 is 0. The Labute approximate surface area is 121 Å². The van der Waals surface area contributed by atoms with Crippen molar-refractivity contribution in [2.75, 3.05) is 0 Å². The van der Waals surface area contributed by atoms with E-state index in [0.29, 0.717) is 5.92 Å². The van der Waals surface area contributed by atoms with E-state index in [-0.39, 0.29) is 18.0 Å². The van der Waals surface area contributed by atoms with Crippen LogP contribution in [-0.2, 0) is 4.79 Å². The molecule has 2 amide bonds. The maximum Gasteiger partial charge on any atom is 0.326 e. The summed E-state index contributed by atoms with van der Waals surface area (Å²) in [6, 6.07) is -1.04. The van der Waals surface area contributed by atoms with Crippen molar-refractivity contribution in [2.45, 2.75) is 71.4 Å². The van der Waals surface area contributed by atoms with Gasteiger partial charge in [-0.3, -0.25) is 0 Å². The quantitative estimate of drug-likeness (QED) is 0.701. The lowest BCUT2D eigenvalue weighted by Crippen LogP contribution is -2.52. The highest BCUT2D eigenvalue weighted by Crippen LogP contribution is 2.27. The van der Waals surface area contributed by atoms with Gasteiger partial charge in [0.15, 0.2) is 0 Å². The molecule has 0 aliphatic heterocycles. The van der Waals surface area contributed by atoms with Gasteiger partial charge in [0.05, 0.1) is 0 Å². The monoisotopic (exact) mass is 284 g/mol. The van der Waals surface area contributed by atoms with Gasteiger partial charge in [0.25, 0.3) is 0 Å². The van der Waals surface area contributed by atoms with E-state index in [1.807, 2.05) is 0 Å². The number of carbonyl (C=O) groups is 2. The summed E-state index contributed by atoms with van der Waals surface area (Å²) in [7, 11) is 0. The fourth-order valence-electron chi connectivity index (χ4n) is 2.95. The predicted molar refractivity (Wildman–Crippen MR) is 78.6 cm³/mol. The van der Waals surface area contributed by atoms with Gasteiger partial charge >= 0.3 is 12.0 Å². The molecule has 0 bridgehead atoms. The van der Waals surface area contributed by atoms with E-state index in [2.05, 4.69) is 17.6 Å². The van der Waals surface area contributed by atoms with Crippen LogP contribution in [0.15, 0.2) is 0 Å². The third-order valence-electron chi connectivity index (χ3n) is 4.19. The van der Waals surface area contributed by atoms with Crippen molar-refractivity contribution < 1.29 is 14.7 Å². The molecule has 1 saturated carbocycles. The minimum atomic E-state index is -0.985. The summed E-state index contributed by atoms with van der Waals surface area (Å²) in [5.41, 5.74) is 0. The predicted octanol–water partition coefficient (Wildman–Crippen LogP) is 2.75.